The van der Waals surface area contributed by atoms with Gasteiger partial charge in [-0.05, 0) is 38.3 Å². The fourth-order valence-corrected chi connectivity index (χ4v) is 3.49. The van der Waals surface area contributed by atoms with Crippen LogP contribution < -0.4 is 5.32 Å². The van der Waals surface area contributed by atoms with Crippen molar-refractivity contribution in [3.05, 3.63) is 0 Å². The molecule has 0 aromatic carbocycles. The maximum absolute atomic E-state index is 11.9. The number of hydrogen-bond acceptors (Lipinski definition) is 3. The Kier molecular flexibility index (Phi) is 6.49. The molecule has 1 saturated heterocycles. The molecule has 1 aliphatic carbocycles. The summed E-state index contributed by atoms with van der Waals surface area (Å²) in [7, 11) is 0. The molecule has 0 aromatic heterocycles. The topological polar surface area (TPSA) is 69.6 Å². The summed E-state index contributed by atoms with van der Waals surface area (Å²) in [4.78, 5) is 24.8. The van der Waals surface area contributed by atoms with Gasteiger partial charge < -0.3 is 10.4 Å². The predicted octanol–water partition coefficient (Wildman–Crippen LogP) is 1.87. The van der Waals surface area contributed by atoms with E-state index in [1.807, 2.05) is 0 Å². The van der Waals surface area contributed by atoms with Gasteiger partial charge in [-0.15, -0.1) is 0 Å². The Hall–Kier alpha value is -1.10. The number of rotatable bonds is 6. The summed E-state index contributed by atoms with van der Waals surface area (Å²) in [5, 5.41) is 12.0. The third-order valence-corrected chi connectivity index (χ3v) is 4.90. The number of carbonyl (C=O) groups is 2. The van der Waals surface area contributed by atoms with Crippen molar-refractivity contribution in [1.29, 1.82) is 0 Å². The molecule has 0 bridgehead atoms. The highest BCUT2D eigenvalue weighted by molar-refractivity contribution is 5.78. The first-order valence-corrected chi connectivity index (χ1v) is 8.37. The number of hydrogen-bond donors (Lipinski definition) is 2. The van der Waals surface area contributed by atoms with Crippen molar-refractivity contribution in [2.45, 2.75) is 51.4 Å². The first-order chi connectivity index (χ1) is 10.1. The molecule has 5 heteroatoms. The molecule has 0 spiro atoms. The molecule has 1 saturated carbocycles. The van der Waals surface area contributed by atoms with E-state index in [-0.39, 0.29) is 11.8 Å². The molecule has 2 rings (SSSR count). The smallest absolute Gasteiger partial charge is 0.306 e. The number of likely N-dealkylation sites (tertiary alicyclic amines) is 1. The molecule has 21 heavy (non-hydrogen) atoms. The van der Waals surface area contributed by atoms with Gasteiger partial charge in [0.05, 0.1) is 12.5 Å². The lowest BCUT2D eigenvalue weighted by molar-refractivity contribution is -0.143. The van der Waals surface area contributed by atoms with Crippen LogP contribution in [0.1, 0.15) is 51.4 Å². The van der Waals surface area contributed by atoms with Crippen LogP contribution in [-0.2, 0) is 9.59 Å². The van der Waals surface area contributed by atoms with E-state index in [1.165, 1.54) is 32.1 Å². The second-order valence-corrected chi connectivity index (χ2v) is 6.53. The Labute approximate surface area is 127 Å². The van der Waals surface area contributed by atoms with Gasteiger partial charge in [-0.2, -0.15) is 0 Å². The highest BCUT2D eigenvalue weighted by atomic mass is 16.4. The molecule has 0 aromatic rings. The molecule has 5 nitrogen and oxygen atoms in total. The standard InChI is InChI=1S/C16H28N2O3/c19-15(17-9-6-13-4-2-1-3-5-13)12-18-10-7-14(8-11-18)16(20)21/h13-14H,1-12H2,(H,17,19)(H,20,21). The Morgan fingerprint density at radius 1 is 1.05 bits per heavy atom. The number of carboxylic acid groups (broad SMARTS) is 1. The number of piperidine rings is 1. The number of amides is 1. The lowest BCUT2D eigenvalue weighted by atomic mass is 9.87. The van der Waals surface area contributed by atoms with E-state index in [0.29, 0.717) is 32.5 Å². The van der Waals surface area contributed by atoms with Crippen LogP contribution >= 0.6 is 0 Å². The van der Waals surface area contributed by atoms with Gasteiger partial charge in [-0.1, -0.05) is 32.1 Å². The molecule has 1 aliphatic heterocycles. The first-order valence-electron chi connectivity index (χ1n) is 8.37. The van der Waals surface area contributed by atoms with Crippen molar-refractivity contribution in [2.24, 2.45) is 11.8 Å². The second kappa shape index (κ2) is 8.37. The minimum absolute atomic E-state index is 0.0829. The number of nitrogens with zero attached hydrogens (tertiary/aromatic N) is 1. The largest absolute Gasteiger partial charge is 0.481 e. The zero-order valence-corrected chi connectivity index (χ0v) is 12.9. The monoisotopic (exact) mass is 296 g/mol. The van der Waals surface area contributed by atoms with E-state index >= 15 is 0 Å². The fraction of sp³-hybridized carbons (Fsp3) is 0.875. The average molecular weight is 296 g/mol. The van der Waals surface area contributed by atoms with Crippen molar-refractivity contribution in [3.63, 3.8) is 0 Å². The summed E-state index contributed by atoms with van der Waals surface area (Å²) in [5.74, 6) is -0.0489. The van der Waals surface area contributed by atoms with Crippen LogP contribution in [0, 0.1) is 11.8 Å². The molecule has 2 fully saturated rings. The van der Waals surface area contributed by atoms with Gasteiger partial charge in [0.25, 0.3) is 0 Å². The normalized spacial score (nSPS) is 22.1. The van der Waals surface area contributed by atoms with Crippen LogP contribution in [-0.4, -0.2) is 48.1 Å². The van der Waals surface area contributed by atoms with E-state index in [4.69, 9.17) is 5.11 Å². The molecule has 0 radical (unpaired) electrons. The summed E-state index contributed by atoms with van der Waals surface area (Å²) in [6, 6.07) is 0. The molecule has 2 N–H and O–H groups in total. The Balaban J connectivity index is 1.56. The van der Waals surface area contributed by atoms with Gasteiger partial charge in [0.15, 0.2) is 0 Å². The van der Waals surface area contributed by atoms with Crippen LogP contribution in [0.2, 0.25) is 0 Å². The van der Waals surface area contributed by atoms with Gasteiger partial charge in [0.2, 0.25) is 5.91 Å². The van der Waals surface area contributed by atoms with Crippen LogP contribution in [0.4, 0.5) is 0 Å². The number of aliphatic carboxylic acids is 1. The van der Waals surface area contributed by atoms with Crippen LogP contribution in [0.3, 0.4) is 0 Å². The van der Waals surface area contributed by atoms with Crippen molar-refractivity contribution in [2.75, 3.05) is 26.2 Å². The van der Waals surface area contributed by atoms with Gasteiger partial charge in [0, 0.05) is 6.54 Å². The molecular weight excluding hydrogens is 268 g/mol. The van der Waals surface area contributed by atoms with Crippen LogP contribution in [0.5, 0.6) is 0 Å². The SMILES string of the molecule is O=C(CN1CCC(C(=O)O)CC1)NCCC1CCCCC1. The summed E-state index contributed by atoms with van der Waals surface area (Å²) in [5.41, 5.74) is 0. The third kappa shape index (κ3) is 5.65. The Morgan fingerprint density at radius 3 is 2.33 bits per heavy atom. The lowest BCUT2D eigenvalue weighted by Crippen LogP contribution is -2.43. The van der Waals surface area contributed by atoms with Gasteiger partial charge >= 0.3 is 5.97 Å². The highest BCUT2D eigenvalue weighted by Gasteiger charge is 2.25. The quantitative estimate of drug-likeness (QED) is 0.785. The van der Waals surface area contributed by atoms with Crippen molar-refractivity contribution in [1.82, 2.24) is 10.2 Å². The van der Waals surface area contributed by atoms with Crippen LogP contribution in [0.25, 0.3) is 0 Å². The number of carbonyl (C=O) groups excluding carboxylic acids is 1. The third-order valence-electron chi connectivity index (χ3n) is 4.90. The molecular formula is C16H28N2O3. The van der Waals surface area contributed by atoms with E-state index in [1.54, 1.807) is 0 Å². The highest BCUT2D eigenvalue weighted by Crippen LogP contribution is 2.25. The second-order valence-electron chi connectivity index (χ2n) is 6.53. The summed E-state index contributed by atoms with van der Waals surface area (Å²) < 4.78 is 0. The minimum atomic E-state index is -0.702. The van der Waals surface area contributed by atoms with Crippen molar-refractivity contribution in [3.8, 4) is 0 Å². The summed E-state index contributed by atoms with van der Waals surface area (Å²) in [6.07, 6.45) is 9.11. The lowest BCUT2D eigenvalue weighted by Gasteiger charge is -2.29. The molecule has 2 aliphatic rings. The summed E-state index contributed by atoms with van der Waals surface area (Å²) >= 11 is 0. The maximum atomic E-state index is 11.9. The van der Waals surface area contributed by atoms with Gasteiger partial charge in [0.1, 0.15) is 0 Å². The Morgan fingerprint density at radius 2 is 1.71 bits per heavy atom. The minimum Gasteiger partial charge on any atom is -0.481 e. The average Bonchev–Trinajstić information content (AvgIpc) is 2.49. The van der Waals surface area contributed by atoms with E-state index in [0.717, 1.165) is 18.9 Å². The fourth-order valence-electron chi connectivity index (χ4n) is 3.49. The molecule has 0 unspecified atom stereocenters. The molecule has 1 heterocycles. The zero-order valence-electron chi connectivity index (χ0n) is 12.9. The maximum Gasteiger partial charge on any atom is 0.306 e. The van der Waals surface area contributed by atoms with E-state index in [9.17, 15) is 9.59 Å². The van der Waals surface area contributed by atoms with Gasteiger partial charge in [-0.25, -0.2) is 0 Å². The summed E-state index contributed by atoms with van der Waals surface area (Å²) in [6.45, 7) is 2.63. The van der Waals surface area contributed by atoms with Crippen LogP contribution in [0.15, 0.2) is 0 Å². The van der Waals surface area contributed by atoms with Crippen molar-refractivity contribution < 1.29 is 14.7 Å². The molecule has 1 amide bonds. The van der Waals surface area contributed by atoms with Gasteiger partial charge in [-0.3, -0.25) is 14.5 Å². The van der Waals surface area contributed by atoms with E-state index < -0.39 is 5.97 Å². The molecule has 120 valence electrons. The first kappa shape index (κ1) is 16.3. The predicted molar refractivity (Wildman–Crippen MR) is 81.0 cm³/mol. The number of nitrogens with one attached hydrogen (secondary N) is 1. The Bertz CT molecular complexity index is 345. The zero-order chi connectivity index (χ0) is 15.1. The number of carboxylic acids is 1. The molecule has 0 atom stereocenters. The van der Waals surface area contributed by atoms with E-state index in [2.05, 4.69) is 10.2 Å². The van der Waals surface area contributed by atoms with Crippen molar-refractivity contribution >= 4 is 11.9 Å².